The first-order valence-electron chi connectivity index (χ1n) is 16.3. The fourth-order valence-corrected chi connectivity index (χ4v) is 5.82. The van der Waals surface area contributed by atoms with E-state index in [-0.39, 0.29) is 25.0 Å². The molecule has 0 aromatic heterocycles. The molecule has 0 saturated carbocycles. The minimum Gasteiger partial charge on any atom is -0.445 e. The number of aliphatic hydroxyl groups is 1. The van der Waals surface area contributed by atoms with Crippen molar-refractivity contribution in [2.45, 2.75) is 31.9 Å². The number of amides is 3. The zero-order chi connectivity index (χ0) is 33.9. The summed E-state index contributed by atoms with van der Waals surface area (Å²) in [7, 11) is 3.37. The molecule has 2 atom stereocenters. The van der Waals surface area contributed by atoms with E-state index in [4.69, 9.17) is 4.74 Å². The van der Waals surface area contributed by atoms with Gasteiger partial charge in [0.05, 0.1) is 12.5 Å². The molecule has 248 valence electrons. The summed E-state index contributed by atoms with van der Waals surface area (Å²) in [6.45, 7) is 0.609. The lowest BCUT2D eigenvalue weighted by molar-refractivity contribution is -0.137. The Hall–Kier alpha value is -5.21. The van der Waals surface area contributed by atoms with E-state index in [2.05, 4.69) is 5.32 Å². The van der Waals surface area contributed by atoms with E-state index in [1.807, 2.05) is 115 Å². The summed E-state index contributed by atoms with van der Waals surface area (Å²) >= 11 is 0. The molecule has 0 saturated heterocycles. The van der Waals surface area contributed by atoms with Gasteiger partial charge in [-0.15, -0.1) is 0 Å². The first-order chi connectivity index (χ1) is 23.3. The molecule has 5 aromatic carbocycles. The molecular formula is C40H43N3O5. The van der Waals surface area contributed by atoms with Crippen molar-refractivity contribution in [3.8, 4) is 0 Å². The monoisotopic (exact) mass is 645 g/mol. The molecule has 0 aliphatic carbocycles. The smallest absolute Gasteiger partial charge is 0.409 e. The zero-order valence-corrected chi connectivity index (χ0v) is 27.5. The van der Waals surface area contributed by atoms with Crippen molar-refractivity contribution in [1.29, 1.82) is 0 Å². The number of aliphatic hydroxyl groups excluding tert-OH is 1. The molecule has 0 aliphatic rings. The van der Waals surface area contributed by atoms with Crippen LogP contribution in [0.15, 0.2) is 115 Å². The van der Waals surface area contributed by atoms with Gasteiger partial charge in [-0.25, -0.2) is 4.79 Å². The number of nitrogens with one attached hydrogen (secondary N) is 1. The minimum absolute atomic E-state index is 0.189. The summed E-state index contributed by atoms with van der Waals surface area (Å²) < 4.78 is 5.41. The summed E-state index contributed by atoms with van der Waals surface area (Å²) in [6, 6.07) is 36.7. The first-order valence-corrected chi connectivity index (χ1v) is 16.3. The Labute approximate surface area is 281 Å². The molecule has 0 fully saturated rings. The number of carbonyl (C=O) groups is 3. The molecule has 0 heterocycles. The van der Waals surface area contributed by atoms with Crippen LogP contribution in [0.5, 0.6) is 0 Å². The van der Waals surface area contributed by atoms with Crippen LogP contribution < -0.4 is 5.32 Å². The number of benzene rings is 5. The van der Waals surface area contributed by atoms with E-state index in [1.54, 1.807) is 19.0 Å². The fourth-order valence-electron chi connectivity index (χ4n) is 5.82. The molecule has 48 heavy (non-hydrogen) atoms. The van der Waals surface area contributed by atoms with Gasteiger partial charge in [-0.2, -0.15) is 0 Å². The maximum absolute atomic E-state index is 13.9. The first kappa shape index (κ1) is 34.1. The Kier molecular flexibility index (Phi) is 11.8. The Bertz CT molecular complexity index is 1840. The van der Waals surface area contributed by atoms with Gasteiger partial charge in [-0.05, 0) is 51.1 Å². The van der Waals surface area contributed by atoms with E-state index >= 15 is 0 Å². The molecule has 5 aromatic rings. The molecule has 0 spiro atoms. The number of rotatable bonds is 14. The van der Waals surface area contributed by atoms with E-state index in [0.29, 0.717) is 32.4 Å². The molecule has 5 rings (SSSR count). The second-order valence-electron chi connectivity index (χ2n) is 12.3. The van der Waals surface area contributed by atoms with Crippen LogP contribution in [0.3, 0.4) is 0 Å². The summed E-state index contributed by atoms with van der Waals surface area (Å²) in [5.41, 5.74) is 2.75. The van der Waals surface area contributed by atoms with Crippen LogP contribution in [0.1, 0.15) is 23.1 Å². The lowest BCUT2D eigenvalue weighted by Crippen LogP contribution is -2.51. The highest BCUT2D eigenvalue weighted by molar-refractivity contribution is 5.89. The van der Waals surface area contributed by atoms with Gasteiger partial charge < -0.3 is 25.0 Å². The zero-order valence-electron chi connectivity index (χ0n) is 27.5. The van der Waals surface area contributed by atoms with Gasteiger partial charge in [0.2, 0.25) is 11.8 Å². The Morgan fingerprint density at radius 1 is 0.667 bits per heavy atom. The number of fused-ring (bicyclic) bond motifs is 2. The van der Waals surface area contributed by atoms with Crippen LogP contribution in [-0.2, 0) is 33.8 Å². The van der Waals surface area contributed by atoms with Crippen molar-refractivity contribution in [3.05, 3.63) is 132 Å². The van der Waals surface area contributed by atoms with Gasteiger partial charge in [-0.1, -0.05) is 115 Å². The number of likely N-dealkylation sites (N-methyl/N-ethyl adjacent to an activating group) is 1. The molecular weight excluding hydrogens is 602 g/mol. The van der Waals surface area contributed by atoms with E-state index < -0.39 is 18.1 Å². The highest BCUT2D eigenvalue weighted by atomic mass is 16.6. The van der Waals surface area contributed by atoms with Crippen molar-refractivity contribution in [2.24, 2.45) is 5.92 Å². The Balaban J connectivity index is 1.23. The van der Waals surface area contributed by atoms with Crippen LogP contribution in [-0.4, -0.2) is 72.6 Å². The van der Waals surface area contributed by atoms with Crippen molar-refractivity contribution >= 4 is 39.5 Å². The maximum atomic E-state index is 13.9. The Morgan fingerprint density at radius 3 is 1.81 bits per heavy atom. The van der Waals surface area contributed by atoms with Gasteiger partial charge >= 0.3 is 6.09 Å². The van der Waals surface area contributed by atoms with Gasteiger partial charge in [0.15, 0.2) is 0 Å². The SMILES string of the molecule is CN(CCCN(C)C(=O)[C@H](Cc1ccc2ccccc2c1)NC(=O)C(CO)Cc1ccc2ccccc2c1)C(=O)OCc1ccccc1. The summed E-state index contributed by atoms with van der Waals surface area (Å²) in [6.07, 6.45) is 0.721. The molecule has 0 aliphatic heterocycles. The number of carbonyl (C=O) groups excluding carboxylic acids is 3. The van der Waals surface area contributed by atoms with Gasteiger partial charge in [0.25, 0.3) is 0 Å². The third kappa shape index (κ3) is 9.20. The van der Waals surface area contributed by atoms with Crippen molar-refractivity contribution in [1.82, 2.24) is 15.1 Å². The average molecular weight is 646 g/mol. The molecule has 3 amide bonds. The highest BCUT2D eigenvalue weighted by Gasteiger charge is 2.28. The van der Waals surface area contributed by atoms with Crippen molar-refractivity contribution < 1.29 is 24.2 Å². The number of hydrogen-bond acceptors (Lipinski definition) is 5. The predicted molar refractivity (Wildman–Crippen MR) is 189 cm³/mol. The van der Waals surface area contributed by atoms with E-state index in [9.17, 15) is 19.5 Å². The van der Waals surface area contributed by atoms with E-state index in [0.717, 1.165) is 38.2 Å². The predicted octanol–water partition coefficient (Wildman–Crippen LogP) is 5.99. The van der Waals surface area contributed by atoms with Gasteiger partial charge in [-0.3, -0.25) is 9.59 Å². The fraction of sp³-hybridized carbons (Fsp3) is 0.275. The van der Waals surface area contributed by atoms with Crippen LogP contribution in [0.25, 0.3) is 21.5 Å². The molecule has 0 bridgehead atoms. The maximum Gasteiger partial charge on any atom is 0.409 e. The average Bonchev–Trinajstić information content (AvgIpc) is 3.12. The number of hydrogen-bond donors (Lipinski definition) is 2. The third-order valence-corrected chi connectivity index (χ3v) is 8.64. The highest BCUT2D eigenvalue weighted by Crippen LogP contribution is 2.20. The molecule has 2 N–H and O–H groups in total. The third-order valence-electron chi connectivity index (χ3n) is 8.64. The van der Waals surface area contributed by atoms with Crippen molar-refractivity contribution in [2.75, 3.05) is 33.8 Å². The summed E-state index contributed by atoms with van der Waals surface area (Å²) in [5.74, 6) is -1.34. The van der Waals surface area contributed by atoms with Gasteiger partial charge in [0, 0.05) is 33.6 Å². The summed E-state index contributed by atoms with van der Waals surface area (Å²) in [4.78, 5) is 43.1. The van der Waals surface area contributed by atoms with Crippen LogP contribution in [0.4, 0.5) is 4.79 Å². The number of nitrogens with zero attached hydrogens (tertiary/aromatic N) is 2. The van der Waals surface area contributed by atoms with Crippen molar-refractivity contribution in [3.63, 3.8) is 0 Å². The minimum atomic E-state index is -0.845. The second kappa shape index (κ2) is 16.6. The second-order valence-corrected chi connectivity index (χ2v) is 12.3. The van der Waals surface area contributed by atoms with Crippen LogP contribution >= 0.6 is 0 Å². The van der Waals surface area contributed by atoms with Gasteiger partial charge in [0.1, 0.15) is 12.6 Å². The molecule has 8 heteroatoms. The lowest BCUT2D eigenvalue weighted by atomic mass is 9.96. The Morgan fingerprint density at radius 2 is 1.21 bits per heavy atom. The van der Waals surface area contributed by atoms with Crippen LogP contribution in [0.2, 0.25) is 0 Å². The van der Waals surface area contributed by atoms with E-state index in [1.165, 1.54) is 4.90 Å². The lowest BCUT2D eigenvalue weighted by Gasteiger charge is -2.27. The molecule has 0 radical (unpaired) electrons. The van der Waals surface area contributed by atoms with Crippen LogP contribution in [0, 0.1) is 5.92 Å². The summed E-state index contributed by atoms with van der Waals surface area (Å²) in [5, 5.41) is 17.5. The number of ether oxygens (including phenoxy) is 1. The topological polar surface area (TPSA) is 99.2 Å². The quantitative estimate of drug-likeness (QED) is 0.155. The standard InChI is InChI=1S/C40H43N3O5/c1-42(21-10-22-43(2)40(47)48-28-29-11-4-3-5-12-29)39(46)37(26-31-18-20-33-14-7-9-16-35(33)24-31)41-38(45)36(27-44)25-30-17-19-32-13-6-8-15-34(32)23-30/h3-9,11-20,23-24,36-37,44H,10,21-22,25-28H2,1-2H3,(H,41,45)/t36?,37-/m0/s1. The molecule has 1 unspecified atom stereocenters. The molecule has 8 nitrogen and oxygen atoms in total. The normalized spacial score (nSPS) is 12.3. The largest absolute Gasteiger partial charge is 0.445 e.